The van der Waals surface area contributed by atoms with Crippen LogP contribution in [0.4, 0.5) is 0 Å². The summed E-state index contributed by atoms with van der Waals surface area (Å²) in [5.41, 5.74) is 1.45. The lowest BCUT2D eigenvalue weighted by atomic mass is 9.95. The minimum Gasteiger partial charge on any atom is -0.310 e. The minimum absolute atomic E-state index is 0.517. The van der Waals surface area contributed by atoms with Crippen molar-refractivity contribution < 1.29 is 0 Å². The van der Waals surface area contributed by atoms with Gasteiger partial charge in [0.05, 0.1) is 0 Å². The first-order valence-corrected chi connectivity index (χ1v) is 7.16. The average Bonchev–Trinajstić information content (AvgIpc) is 2.23. The number of halogens is 1. The van der Waals surface area contributed by atoms with Crippen molar-refractivity contribution in [2.24, 2.45) is 5.92 Å². The lowest BCUT2D eigenvalue weighted by Crippen LogP contribution is -2.30. The second kappa shape index (κ2) is 4.89. The summed E-state index contributed by atoms with van der Waals surface area (Å²) < 4.78 is 1.18. The van der Waals surface area contributed by atoms with Crippen LogP contribution in [0, 0.1) is 5.92 Å². The molecule has 1 nitrogen and oxygen atoms in total. The van der Waals surface area contributed by atoms with Gasteiger partial charge in [-0.15, -0.1) is 11.8 Å². The third-order valence-electron chi connectivity index (χ3n) is 2.80. The highest BCUT2D eigenvalue weighted by Crippen LogP contribution is 2.40. The number of fused-ring (bicyclic) bond motifs is 1. The molecule has 0 fully saturated rings. The van der Waals surface area contributed by atoms with Crippen molar-refractivity contribution in [2.75, 3.05) is 12.3 Å². The Bertz CT molecular complexity index is 353. The number of thioether (sulfide) groups is 1. The molecule has 3 heteroatoms. The average molecular weight is 286 g/mol. The van der Waals surface area contributed by atoms with Crippen LogP contribution >= 0.6 is 27.7 Å². The van der Waals surface area contributed by atoms with Crippen LogP contribution in [-0.4, -0.2) is 12.3 Å². The summed E-state index contributed by atoms with van der Waals surface area (Å²) in [6.45, 7) is 5.53. The molecule has 0 spiro atoms. The number of hydrogen-bond donors (Lipinski definition) is 1. The molecule has 2 unspecified atom stereocenters. The molecule has 0 aromatic heterocycles. The zero-order valence-electron chi connectivity index (χ0n) is 9.09. The minimum atomic E-state index is 0.517. The molecular formula is C12H16BrNS. The van der Waals surface area contributed by atoms with Gasteiger partial charge in [0, 0.05) is 21.2 Å². The summed E-state index contributed by atoms with van der Waals surface area (Å²) in [6, 6.07) is 7.12. The predicted molar refractivity (Wildman–Crippen MR) is 70.4 cm³/mol. The Kier molecular flexibility index (Phi) is 3.75. The van der Waals surface area contributed by atoms with E-state index in [9.17, 15) is 0 Å². The first-order chi connectivity index (χ1) is 7.22. The summed E-state index contributed by atoms with van der Waals surface area (Å²) in [5, 5.41) is 3.58. The zero-order valence-corrected chi connectivity index (χ0v) is 11.5. The number of rotatable bonds is 2. The molecule has 1 aromatic carbocycles. The molecule has 0 amide bonds. The van der Waals surface area contributed by atoms with Gasteiger partial charge in [-0.2, -0.15) is 0 Å². The second-order valence-corrected chi connectivity index (χ2v) is 5.98. The highest BCUT2D eigenvalue weighted by molar-refractivity contribution is 9.10. The van der Waals surface area contributed by atoms with Crippen LogP contribution in [0.3, 0.4) is 0 Å². The van der Waals surface area contributed by atoms with Gasteiger partial charge < -0.3 is 5.32 Å². The molecule has 1 heterocycles. The molecule has 15 heavy (non-hydrogen) atoms. The van der Waals surface area contributed by atoms with Crippen molar-refractivity contribution in [3.8, 4) is 0 Å². The van der Waals surface area contributed by atoms with E-state index in [1.54, 1.807) is 0 Å². The maximum Gasteiger partial charge on any atom is 0.0365 e. The fraction of sp³-hybridized carbons (Fsp3) is 0.500. The normalized spacial score (nSPS) is 25.0. The quantitative estimate of drug-likeness (QED) is 0.886. The van der Waals surface area contributed by atoms with Crippen molar-refractivity contribution >= 4 is 27.7 Å². The highest BCUT2D eigenvalue weighted by Gasteiger charge is 2.26. The summed E-state index contributed by atoms with van der Waals surface area (Å²) in [5.74, 6) is 1.92. The van der Waals surface area contributed by atoms with Crippen molar-refractivity contribution in [3.63, 3.8) is 0 Å². The van der Waals surface area contributed by atoms with Gasteiger partial charge in [0.2, 0.25) is 0 Å². The van der Waals surface area contributed by atoms with E-state index < -0.39 is 0 Å². The highest BCUT2D eigenvalue weighted by atomic mass is 79.9. The molecule has 0 bridgehead atoms. The molecule has 1 aliphatic rings. The molecule has 1 aromatic rings. The first-order valence-electron chi connectivity index (χ1n) is 5.38. The van der Waals surface area contributed by atoms with E-state index in [-0.39, 0.29) is 0 Å². The van der Waals surface area contributed by atoms with Crippen molar-refractivity contribution in [2.45, 2.75) is 24.8 Å². The molecule has 0 saturated heterocycles. The van der Waals surface area contributed by atoms with Gasteiger partial charge in [-0.05, 0) is 36.2 Å². The maximum atomic E-state index is 3.58. The molecule has 0 radical (unpaired) electrons. The fourth-order valence-corrected chi connectivity index (χ4v) is 3.58. The zero-order chi connectivity index (χ0) is 10.8. The Morgan fingerprint density at radius 1 is 1.53 bits per heavy atom. The van der Waals surface area contributed by atoms with Gasteiger partial charge >= 0.3 is 0 Å². The molecule has 0 aliphatic carbocycles. The van der Waals surface area contributed by atoms with Crippen molar-refractivity contribution in [3.05, 3.63) is 28.2 Å². The standard InChI is InChI=1S/C12H16BrNS/c1-3-14-12-8(2)7-15-11-5-4-9(13)6-10(11)12/h4-6,8,12,14H,3,7H2,1-2H3. The van der Waals surface area contributed by atoms with Gasteiger partial charge in [0.15, 0.2) is 0 Å². The van der Waals surface area contributed by atoms with Crippen molar-refractivity contribution in [1.82, 2.24) is 5.32 Å². The van der Waals surface area contributed by atoms with Crippen LogP contribution in [0.25, 0.3) is 0 Å². The number of hydrogen-bond acceptors (Lipinski definition) is 2. The third-order valence-corrected chi connectivity index (χ3v) is 4.67. The van der Waals surface area contributed by atoms with Gasteiger partial charge in [-0.1, -0.05) is 29.8 Å². The molecule has 82 valence electrons. The van der Waals surface area contributed by atoms with E-state index in [1.165, 1.54) is 20.7 Å². The number of nitrogens with one attached hydrogen (secondary N) is 1. The topological polar surface area (TPSA) is 12.0 Å². The molecule has 2 atom stereocenters. The van der Waals surface area contributed by atoms with Gasteiger partial charge in [0.25, 0.3) is 0 Å². The maximum absolute atomic E-state index is 3.58. The van der Waals surface area contributed by atoms with Crippen LogP contribution in [-0.2, 0) is 0 Å². The fourth-order valence-electron chi connectivity index (χ4n) is 2.05. The SMILES string of the molecule is CCNC1c2cc(Br)ccc2SCC1C. The van der Waals surface area contributed by atoms with E-state index in [4.69, 9.17) is 0 Å². The Balaban J connectivity index is 2.36. The molecule has 2 rings (SSSR count). The molecular weight excluding hydrogens is 270 g/mol. The summed E-state index contributed by atoms with van der Waals surface area (Å²) in [7, 11) is 0. The summed E-state index contributed by atoms with van der Waals surface area (Å²) in [6.07, 6.45) is 0. The molecule has 1 aliphatic heterocycles. The lowest BCUT2D eigenvalue weighted by molar-refractivity contribution is 0.416. The van der Waals surface area contributed by atoms with E-state index in [1.807, 2.05) is 11.8 Å². The van der Waals surface area contributed by atoms with E-state index in [2.05, 4.69) is 53.3 Å². The van der Waals surface area contributed by atoms with Gasteiger partial charge in [0.1, 0.15) is 0 Å². The van der Waals surface area contributed by atoms with Crippen LogP contribution in [0.1, 0.15) is 25.5 Å². The number of benzene rings is 1. The van der Waals surface area contributed by atoms with E-state index in [0.717, 1.165) is 6.54 Å². The second-order valence-electron chi connectivity index (χ2n) is 4.01. The van der Waals surface area contributed by atoms with Crippen LogP contribution < -0.4 is 5.32 Å². The first kappa shape index (κ1) is 11.5. The Morgan fingerprint density at radius 2 is 2.33 bits per heavy atom. The molecule has 1 N–H and O–H groups in total. The van der Waals surface area contributed by atoms with Crippen molar-refractivity contribution in [1.29, 1.82) is 0 Å². The summed E-state index contributed by atoms with van der Waals surface area (Å²) >= 11 is 5.53. The van der Waals surface area contributed by atoms with E-state index in [0.29, 0.717) is 12.0 Å². The van der Waals surface area contributed by atoms with E-state index >= 15 is 0 Å². The van der Waals surface area contributed by atoms with Crippen LogP contribution in [0.5, 0.6) is 0 Å². The Morgan fingerprint density at radius 3 is 3.07 bits per heavy atom. The predicted octanol–water partition coefficient (Wildman–Crippen LogP) is 3.84. The smallest absolute Gasteiger partial charge is 0.0365 e. The Labute approximate surface area is 104 Å². The van der Waals surface area contributed by atoms with Gasteiger partial charge in [-0.25, -0.2) is 0 Å². The Hall–Kier alpha value is 0.01000. The lowest BCUT2D eigenvalue weighted by Gasteiger charge is -2.31. The summed E-state index contributed by atoms with van der Waals surface area (Å²) in [4.78, 5) is 1.43. The van der Waals surface area contributed by atoms with Crippen LogP contribution in [0.15, 0.2) is 27.6 Å². The van der Waals surface area contributed by atoms with Gasteiger partial charge in [-0.3, -0.25) is 0 Å². The van der Waals surface area contributed by atoms with Crippen LogP contribution in [0.2, 0.25) is 0 Å². The molecule has 0 saturated carbocycles. The monoisotopic (exact) mass is 285 g/mol. The largest absolute Gasteiger partial charge is 0.310 e. The third kappa shape index (κ3) is 2.40.